The standard InChI is InChI=1S/C23H25FN4OS/c24-18-7-9-19(10-8-18)26-12-14-27(15-13-26)22(29)17-4-3-11-28(16-17)23-25-20-5-1-2-6-21(20)30-23/h1-2,5-10,17H,3-4,11-16H2. The van der Waals surface area contributed by atoms with E-state index < -0.39 is 0 Å². The van der Waals surface area contributed by atoms with E-state index in [1.165, 1.54) is 16.8 Å². The van der Waals surface area contributed by atoms with E-state index in [9.17, 15) is 9.18 Å². The molecule has 1 aromatic heterocycles. The van der Waals surface area contributed by atoms with E-state index in [0.717, 1.165) is 55.4 Å². The van der Waals surface area contributed by atoms with E-state index >= 15 is 0 Å². The molecule has 3 heterocycles. The summed E-state index contributed by atoms with van der Waals surface area (Å²) in [6.45, 7) is 4.71. The lowest BCUT2D eigenvalue weighted by molar-refractivity contribution is -0.136. The molecular formula is C23H25FN4OS. The SMILES string of the molecule is O=C(C1CCCN(c2nc3ccccc3s2)C1)N1CCN(c2ccc(F)cc2)CC1. The zero-order valence-electron chi connectivity index (χ0n) is 16.8. The average molecular weight is 425 g/mol. The molecule has 7 heteroatoms. The van der Waals surface area contributed by atoms with Gasteiger partial charge in [0, 0.05) is 45.0 Å². The number of benzene rings is 2. The van der Waals surface area contributed by atoms with Crippen LogP contribution < -0.4 is 9.80 Å². The summed E-state index contributed by atoms with van der Waals surface area (Å²) in [5.41, 5.74) is 2.05. The molecule has 0 saturated carbocycles. The number of thiazole rings is 1. The Morgan fingerprint density at radius 3 is 2.50 bits per heavy atom. The minimum absolute atomic E-state index is 0.0307. The largest absolute Gasteiger partial charge is 0.368 e. The second-order valence-corrected chi connectivity index (χ2v) is 9.05. The summed E-state index contributed by atoms with van der Waals surface area (Å²) in [6, 6.07) is 14.8. The second-order valence-electron chi connectivity index (χ2n) is 8.04. The molecule has 2 aliphatic heterocycles. The fourth-order valence-electron chi connectivity index (χ4n) is 4.44. The van der Waals surface area contributed by atoms with Gasteiger partial charge in [-0.25, -0.2) is 9.37 Å². The van der Waals surface area contributed by atoms with Gasteiger partial charge in [-0.15, -0.1) is 0 Å². The van der Waals surface area contributed by atoms with Crippen LogP contribution in [0, 0.1) is 11.7 Å². The normalized spacial score (nSPS) is 20.0. The van der Waals surface area contributed by atoms with Gasteiger partial charge in [-0.05, 0) is 49.2 Å². The van der Waals surface area contributed by atoms with Gasteiger partial charge in [0.15, 0.2) is 5.13 Å². The summed E-state index contributed by atoms with van der Waals surface area (Å²) in [5.74, 6) is 0.0743. The summed E-state index contributed by atoms with van der Waals surface area (Å²) in [5, 5.41) is 1.02. The molecule has 1 amide bonds. The van der Waals surface area contributed by atoms with Crippen molar-refractivity contribution in [2.45, 2.75) is 12.8 Å². The van der Waals surface area contributed by atoms with E-state index in [4.69, 9.17) is 4.98 Å². The number of rotatable bonds is 3. The molecule has 2 fully saturated rings. The molecule has 30 heavy (non-hydrogen) atoms. The Bertz CT molecular complexity index is 996. The molecule has 2 aliphatic rings. The number of halogens is 1. The van der Waals surface area contributed by atoms with Gasteiger partial charge in [-0.1, -0.05) is 23.5 Å². The van der Waals surface area contributed by atoms with Gasteiger partial charge in [0.05, 0.1) is 16.1 Å². The van der Waals surface area contributed by atoms with Crippen molar-refractivity contribution in [2.24, 2.45) is 5.92 Å². The van der Waals surface area contributed by atoms with Crippen LogP contribution in [0.4, 0.5) is 15.2 Å². The number of hydrogen-bond donors (Lipinski definition) is 0. The van der Waals surface area contributed by atoms with Gasteiger partial charge in [0.25, 0.3) is 0 Å². The topological polar surface area (TPSA) is 39.7 Å². The van der Waals surface area contributed by atoms with Crippen molar-refractivity contribution in [3.63, 3.8) is 0 Å². The van der Waals surface area contributed by atoms with Crippen LogP contribution in [0.3, 0.4) is 0 Å². The predicted molar refractivity (Wildman–Crippen MR) is 120 cm³/mol. The summed E-state index contributed by atoms with van der Waals surface area (Å²) >= 11 is 1.71. The Labute approximate surface area is 179 Å². The van der Waals surface area contributed by atoms with Crippen LogP contribution in [-0.2, 0) is 4.79 Å². The minimum Gasteiger partial charge on any atom is -0.368 e. The molecule has 0 spiro atoms. The third-order valence-corrected chi connectivity index (χ3v) is 7.20. The van der Waals surface area contributed by atoms with Crippen molar-refractivity contribution in [2.75, 3.05) is 49.1 Å². The summed E-state index contributed by atoms with van der Waals surface area (Å²) in [4.78, 5) is 24.5. The molecule has 5 nitrogen and oxygen atoms in total. The molecule has 0 radical (unpaired) electrons. The average Bonchev–Trinajstić information content (AvgIpc) is 3.24. The number of hydrogen-bond acceptors (Lipinski definition) is 5. The zero-order valence-corrected chi connectivity index (χ0v) is 17.7. The highest BCUT2D eigenvalue weighted by atomic mass is 32.1. The van der Waals surface area contributed by atoms with Crippen molar-refractivity contribution >= 4 is 38.3 Å². The molecule has 3 aromatic rings. The smallest absolute Gasteiger partial charge is 0.227 e. The fraction of sp³-hybridized carbons (Fsp3) is 0.391. The number of aromatic nitrogens is 1. The second kappa shape index (κ2) is 8.22. The van der Waals surface area contributed by atoms with Gasteiger partial charge in [-0.3, -0.25) is 4.79 Å². The summed E-state index contributed by atoms with van der Waals surface area (Å²) < 4.78 is 14.4. The third kappa shape index (κ3) is 3.86. The van der Waals surface area contributed by atoms with Crippen LogP contribution in [0.15, 0.2) is 48.5 Å². The molecule has 2 aromatic carbocycles. The number of nitrogens with zero attached hydrogens (tertiary/aromatic N) is 4. The Hall–Kier alpha value is -2.67. The summed E-state index contributed by atoms with van der Waals surface area (Å²) in [6.07, 6.45) is 1.96. The number of piperidine rings is 1. The number of carbonyl (C=O) groups excluding carboxylic acids is 1. The highest BCUT2D eigenvalue weighted by Gasteiger charge is 2.32. The van der Waals surface area contributed by atoms with Crippen LogP contribution in [0.1, 0.15) is 12.8 Å². The van der Waals surface area contributed by atoms with Crippen LogP contribution in [0.25, 0.3) is 10.2 Å². The molecule has 0 bridgehead atoms. The molecule has 5 rings (SSSR count). The van der Waals surface area contributed by atoms with Crippen molar-refractivity contribution in [1.29, 1.82) is 0 Å². The van der Waals surface area contributed by atoms with E-state index in [-0.39, 0.29) is 17.6 Å². The Morgan fingerprint density at radius 1 is 0.967 bits per heavy atom. The van der Waals surface area contributed by atoms with E-state index in [2.05, 4.69) is 15.9 Å². The number of amides is 1. The lowest BCUT2D eigenvalue weighted by Gasteiger charge is -2.39. The molecule has 1 atom stereocenters. The van der Waals surface area contributed by atoms with Gasteiger partial charge >= 0.3 is 0 Å². The van der Waals surface area contributed by atoms with Crippen molar-refractivity contribution in [1.82, 2.24) is 9.88 Å². The maximum atomic E-state index is 13.2. The van der Waals surface area contributed by atoms with E-state index in [1.807, 2.05) is 35.2 Å². The highest BCUT2D eigenvalue weighted by Crippen LogP contribution is 2.32. The lowest BCUT2D eigenvalue weighted by atomic mass is 9.96. The first-order valence-electron chi connectivity index (χ1n) is 10.6. The van der Waals surface area contributed by atoms with Crippen LogP contribution >= 0.6 is 11.3 Å². The molecule has 0 N–H and O–H groups in total. The summed E-state index contributed by atoms with van der Waals surface area (Å²) in [7, 11) is 0. The van der Waals surface area contributed by atoms with Gasteiger partial charge < -0.3 is 14.7 Å². The maximum Gasteiger partial charge on any atom is 0.227 e. The van der Waals surface area contributed by atoms with Crippen LogP contribution in [0.5, 0.6) is 0 Å². The van der Waals surface area contributed by atoms with Crippen molar-refractivity contribution < 1.29 is 9.18 Å². The first kappa shape index (κ1) is 19.3. The van der Waals surface area contributed by atoms with E-state index in [0.29, 0.717) is 13.1 Å². The molecule has 1 unspecified atom stereocenters. The number of piperazine rings is 1. The quantitative estimate of drug-likeness (QED) is 0.637. The fourth-order valence-corrected chi connectivity index (χ4v) is 5.44. The van der Waals surface area contributed by atoms with Gasteiger partial charge in [0.2, 0.25) is 5.91 Å². The first-order chi connectivity index (χ1) is 14.7. The Kier molecular flexibility index (Phi) is 5.29. The van der Waals surface area contributed by atoms with Crippen LogP contribution in [0.2, 0.25) is 0 Å². The zero-order chi connectivity index (χ0) is 20.5. The molecular weight excluding hydrogens is 399 g/mol. The third-order valence-electron chi connectivity index (χ3n) is 6.11. The molecule has 156 valence electrons. The van der Waals surface area contributed by atoms with Crippen molar-refractivity contribution in [3.05, 3.63) is 54.3 Å². The minimum atomic E-state index is -0.220. The number of para-hydroxylation sites is 1. The monoisotopic (exact) mass is 424 g/mol. The Morgan fingerprint density at radius 2 is 1.73 bits per heavy atom. The van der Waals surface area contributed by atoms with Crippen LogP contribution in [-0.4, -0.2) is 55.1 Å². The van der Waals surface area contributed by atoms with Gasteiger partial charge in [0.1, 0.15) is 5.82 Å². The number of fused-ring (bicyclic) bond motifs is 1. The number of anilines is 2. The number of carbonyl (C=O) groups is 1. The molecule has 0 aliphatic carbocycles. The highest BCUT2D eigenvalue weighted by molar-refractivity contribution is 7.22. The van der Waals surface area contributed by atoms with Gasteiger partial charge in [-0.2, -0.15) is 0 Å². The maximum absolute atomic E-state index is 13.2. The lowest BCUT2D eigenvalue weighted by Crippen LogP contribution is -2.52. The Balaban J connectivity index is 1.21. The van der Waals surface area contributed by atoms with E-state index in [1.54, 1.807) is 11.3 Å². The van der Waals surface area contributed by atoms with Crippen molar-refractivity contribution in [3.8, 4) is 0 Å². The first-order valence-corrected chi connectivity index (χ1v) is 11.4. The predicted octanol–water partition coefficient (Wildman–Crippen LogP) is 4.00. The molecule has 2 saturated heterocycles.